The number of rotatable bonds is 11. The zero-order valence-corrected chi connectivity index (χ0v) is 34.6. The van der Waals surface area contributed by atoms with E-state index in [9.17, 15) is 0 Å². The van der Waals surface area contributed by atoms with E-state index in [1.54, 1.807) is 0 Å². The number of fused-ring (bicyclic) bond motifs is 1. The standard InChI is InChI=1S/C24H28N2.C8H10.C7H17N.3C2H6.C2H4/c1-4-7-18(6-3)19-8-10-20(11-9-19)21-12-13-22-14-17(5-2)15-24(25)26-23(22)16-21;1-2-8-6-4-3-5-7-8;1-4-6-8(3)7-5-2;4*1-2/h5,8-14,16,18H,2,4,6-7,15H2,1,3H3,(H2,25,26);3-7H,2H2,1H3;4-7H2,1-3H3;3*1-2H3;1-2H2. The van der Waals surface area contributed by atoms with Gasteiger partial charge in [0, 0.05) is 12.0 Å². The highest BCUT2D eigenvalue weighted by Crippen LogP contribution is 2.33. The quantitative estimate of drug-likeness (QED) is 0.204. The highest BCUT2D eigenvalue weighted by molar-refractivity contribution is 5.91. The lowest BCUT2D eigenvalue weighted by atomic mass is 9.90. The van der Waals surface area contributed by atoms with Gasteiger partial charge in [0.2, 0.25) is 0 Å². The molecule has 3 aromatic rings. The van der Waals surface area contributed by atoms with E-state index >= 15 is 0 Å². The number of benzene rings is 3. The molecule has 3 aromatic carbocycles. The Morgan fingerprint density at radius 1 is 0.760 bits per heavy atom. The Morgan fingerprint density at radius 2 is 1.30 bits per heavy atom. The van der Waals surface area contributed by atoms with Gasteiger partial charge in [-0.1, -0.05) is 162 Å². The second-order valence-electron chi connectivity index (χ2n) is 11.1. The van der Waals surface area contributed by atoms with Gasteiger partial charge in [0.25, 0.3) is 0 Å². The zero-order chi connectivity index (χ0) is 38.7. The Labute approximate surface area is 311 Å². The van der Waals surface area contributed by atoms with Crippen LogP contribution in [0.5, 0.6) is 0 Å². The molecule has 4 rings (SSSR count). The number of nitrogens with two attached hydrogens (primary N) is 1. The summed E-state index contributed by atoms with van der Waals surface area (Å²) in [5.74, 6) is 1.29. The van der Waals surface area contributed by atoms with Gasteiger partial charge in [0.1, 0.15) is 5.84 Å². The Morgan fingerprint density at radius 3 is 1.74 bits per heavy atom. The average molecular weight is 684 g/mol. The predicted molar refractivity (Wildman–Crippen MR) is 233 cm³/mol. The van der Waals surface area contributed by atoms with Crippen LogP contribution in [0.2, 0.25) is 0 Å². The van der Waals surface area contributed by atoms with Crippen molar-refractivity contribution in [2.75, 3.05) is 20.1 Å². The Hall–Kier alpha value is -3.69. The minimum atomic E-state index is 0.632. The first-order valence-electron chi connectivity index (χ1n) is 19.5. The Kier molecular flexibility index (Phi) is 35.6. The fraction of sp³-hybridized carbons (Fsp3) is 0.468. The predicted octanol–water partition coefficient (Wildman–Crippen LogP) is 14.5. The van der Waals surface area contributed by atoms with Gasteiger partial charge in [-0.05, 0) is 98.1 Å². The van der Waals surface area contributed by atoms with Crippen molar-refractivity contribution in [3.8, 4) is 11.1 Å². The van der Waals surface area contributed by atoms with Gasteiger partial charge in [-0.15, -0.1) is 13.2 Å². The third-order valence-corrected chi connectivity index (χ3v) is 7.59. The van der Waals surface area contributed by atoms with E-state index in [-0.39, 0.29) is 0 Å². The Bertz CT molecular complexity index is 1250. The third-order valence-electron chi connectivity index (χ3n) is 7.59. The normalized spacial score (nSPS) is 11.2. The van der Waals surface area contributed by atoms with Crippen LogP contribution in [-0.4, -0.2) is 30.9 Å². The van der Waals surface area contributed by atoms with Crippen LogP contribution in [0.15, 0.2) is 109 Å². The van der Waals surface area contributed by atoms with Crippen molar-refractivity contribution in [3.63, 3.8) is 0 Å². The van der Waals surface area contributed by atoms with Crippen molar-refractivity contribution in [3.05, 3.63) is 121 Å². The lowest BCUT2D eigenvalue weighted by Gasteiger charge is -2.15. The van der Waals surface area contributed by atoms with Crippen molar-refractivity contribution in [1.82, 2.24) is 4.90 Å². The lowest BCUT2D eigenvalue weighted by Crippen LogP contribution is -2.19. The van der Waals surface area contributed by atoms with E-state index in [1.165, 1.54) is 67.4 Å². The molecule has 0 amide bonds. The molecule has 1 aliphatic heterocycles. The van der Waals surface area contributed by atoms with Crippen LogP contribution < -0.4 is 5.73 Å². The molecular weight excluding hydrogens is 607 g/mol. The summed E-state index contributed by atoms with van der Waals surface area (Å²) in [7, 11) is 2.17. The van der Waals surface area contributed by atoms with Gasteiger partial charge in [0.15, 0.2) is 0 Å². The van der Waals surface area contributed by atoms with E-state index < -0.39 is 0 Å². The number of hydrogen-bond acceptors (Lipinski definition) is 3. The minimum absolute atomic E-state index is 0.632. The Balaban J connectivity index is -0.000000755. The molecule has 3 nitrogen and oxygen atoms in total. The molecule has 0 bridgehead atoms. The van der Waals surface area contributed by atoms with Crippen molar-refractivity contribution >= 4 is 17.6 Å². The smallest absolute Gasteiger partial charge is 0.104 e. The molecule has 0 aliphatic carbocycles. The molecule has 0 spiro atoms. The van der Waals surface area contributed by atoms with E-state index in [1.807, 2.05) is 53.7 Å². The maximum atomic E-state index is 6.06. The molecule has 1 atom stereocenters. The van der Waals surface area contributed by atoms with Crippen LogP contribution >= 0.6 is 0 Å². The fourth-order valence-electron chi connectivity index (χ4n) is 5.22. The summed E-state index contributed by atoms with van der Waals surface area (Å²) in [6.07, 6.45) is 12.0. The highest BCUT2D eigenvalue weighted by Gasteiger charge is 2.11. The molecule has 0 radical (unpaired) electrons. The number of aliphatic imine (C=N–C) groups is 1. The lowest BCUT2D eigenvalue weighted by molar-refractivity contribution is 0.335. The SMILES string of the molecule is C=C.C=CC1=Cc2ccc(-c3ccc(C(CC)CCC)cc3)cc2N=C(N)C1.CC.CC.CC.CCCN(C)CCC.CCc1ccccc1. The molecule has 1 unspecified atom stereocenters. The topological polar surface area (TPSA) is 41.6 Å². The summed E-state index contributed by atoms with van der Waals surface area (Å²) in [6, 6.07) is 25.9. The van der Waals surface area contributed by atoms with Crippen LogP contribution in [0.1, 0.15) is 137 Å². The van der Waals surface area contributed by atoms with Gasteiger partial charge in [0.05, 0.1) is 5.69 Å². The van der Waals surface area contributed by atoms with Crippen molar-refractivity contribution in [2.45, 2.75) is 127 Å². The molecule has 280 valence electrons. The summed E-state index contributed by atoms with van der Waals surface area (Å²) in [5, 5.41) is 0. The summed E-state index contributed by atoms with van der Waals surface area (Å²) in [4.78, 5) is 6.96. The van der Waals surface area contributed by atoms with Crippen molar-refractivity contribution in [1.29, 1.82) is 0 Å². The van der Waals surface area contributed by atoms with Crippen LogP contribution in [0.3, 0.4) is 0 Å². The van der Waals surface area contributed by atoms with Gasteiger partial charge in [-0.25, -0.2) is 4.99 Å². The average Bonchev–Trinajstić information content (AvgIpc) is 3.35. The molecule has 50 heavy (non-hydrogen) atoms. The molecule has 0 aromatic heterocycles. The largest absolute Gasteiger partial charge is 0.387 e. The third kappa shape index (κ3) is 21.4. The summed E-state index contributed by atoms with van der Waals surface area (Å²) >= 11 is 0. The van der Waals surface area contributed by atoms with E-state index in [2.05, 4.69) is 144 Å². The highest BCUT2D eigenvalue weighted by atomic mass is 15.1. The minimum Gasteiger partial charge on any atom is -0.387 e. The van der Waals surface area contributed by atoms with Crippen LogP contribution in [0.4, 0.5) is 5.69 Å². The van der Waals surface area contributed by atoms with Gasteiger partial charge in [-0.2, -0.15) is 0 Å². The molecule has 0 fully saturated rings. The maximum Gasteiger partial charge on any atom is 0.104 e. The van der Waals surface area contributed by atoms with Gasteiger partial charge < -0.3 is 10.6 Å². The summed E-state index contributed by atoms with van der Waals surface area (Å²) in [5.41, 5.74) is 14.4. The van der Waals surface area contributed by atoms with Crippen LogP contribution in [0.25, 0.3) is 17.2 Å². The summed E-state index contributed by atoms with van der Waals surface area (Å²) < 4.78 is 0. The number of amidine groups is 1. The number of nitrogens with zero attached hydrogens (tertiary/aromatic N) is 2. The molecule has 1 aliphatic rings. The number of allylic oxidation sites excluding steroid dienone is 1. The first kappa shape index (κ1) is 50.7. The first-order valence-corrected chi connectivity index (χ1v) is 19.5. The fourth-order valence-corrected chi connectivity index (χ4v) is 5.22. The monoisotopic (exact) mass is 684 g/mol. The second kappa shape index (κ2) is 35.1. The van der Waals surface area contributed by atoms with Crippen molar-refractivity contribution in [2.24, 2.45) is 10.7 Å². The van der Waals surface area contributed by atoms with Crippen LogP contribution in [0, 0.1) is 0 Å². The molecule has 0 saturated heterocycles. The molecule has 3 heteroatoms. The van der Waals surface area contributed by atoms with Gasteiger partial charge in [-0.3, -0.25) is 0 Å². The second-order valence-corrected chi connectivity index (χ2v) is 11.1. The van der Waals surface area contributed by atoms with E-state index in [0.717, 1.165) is 23.2 Å². The van der Waals surface area contributed by atoms with E-state index in [4.69, 9.17) is 5.73 Å². The van der Waals surface area contributed by atoms with Gasteiger partial charge >= 0.3 is 0 Å². The molecule has 1 heterocycles. The van der Waals surface area contributed by atoms with Crippen LogP contribution in [-0.2, 0) is 6.42 Å². The molecule has 2 N–H and O–H groups in total. The zero-order valence-electron chi connectivity index (χ0n) is 34.6. The first-order chi connectivity index (χ1) is 24.4. The summed E-state index contributed by atoms with van der Waals surface area (Å²) in [6.45, 7) is 35.5. The maximum absolute atomic E-state index is 6.06. The number of aryl methyl sites for hydroxylation is 1. The molecule has 0 saturated carbocycles. The number of hydrogen-bond donors (Lipinski definition) is 1. The van der Waals surface area contributed by atoms with Crippen molar-refractivity contribution < 1.29 is 0 Å². The molecular formula is C47H77N3. The van der Waals surface area contributed by atoms with E-state index in [0.29, 0.717) is 18.2 Å².